The van der Waals surface area contributed by atoms with Crippen molar-refractivity contribution >= 4 is 0 Å². The van der Waals surface area contributed by atoms with Gasteiger partial charge < -0.3 is 10.1 Å². The number of rotatable bonds is 9. The highest BCUT2D eigenvalue weighted by Gasteiger charge is 2.15. The lowest BCUT2D eigenvalue weighted by Gasteiger charge is -2.21. The molecular weight excluding hydrogens is 342 g/mol. The van der Waals surface area contributed by atoms with E-state index in [0.29, 0.717) is 12.0 Å². The summed E-state index contributed by atoms with van der Waals surface area (Å²) in [5.74, 6) is 1.30. The maximum atomic E-state index is 5.80. The third-order valence-corrected chi connectivity index (χ3v) is 5.04. The summed E-state index contributed by atoms with van der Waals surface area (Å²) in [6, 6.07) is 30.3. The van der Waals surface area contributed by atoms with Crippen LogP contribution < -0.4 is 10.1 Å². The Balaban J connectivity index is 1.69. The molecule has 0 heterocycles. The number of hydrogen-bond donors (Lipinski definition) is 1. The SMILES string of the molecule is CC(C)Oc1ccc([C@@H](CCN[C@H](C)c2ccccc2)c2ccccc2)cc1. The Bertz CT molecular complexity index is 812. The van der Waals surface area contributed by atoms with Gasteiger partial charge in [0.15, 0.2) is 0 Å². The van der Waals surface area contributed by atoms with Crippen LogP contribution in [0.1, 0.15) is 55.8 Å². The van der Waals surface area contributed by atoms with Gasteiger partial charge in [0.1, 0.15) is 5.75 Å². The molecule has 28 heavy (non-hydrogen) atoms. The molecule has 0 aliphatic carbocycles. The van der Waals surface area contributed by atoms with Gasteiger partial charge in [-0.3, -0.25) is 0 Å². The molecule has 0 saturated carbocycles. The lowest BCUT2D eigenvalue weighted by molar-refractivity contribution is 0.242. The average Bonchev–Trinajstić information content (AvgIpc) is 2.73. The second-order valence-corrected chi connectivity index (χ2v) is 7.57. The Labute approximate surface area is 169 Å². The molecule has 0 radical (unpaired) electrons. The Morgan fingerprint density at radius 1 is 0.679 bits per heavy atom. The minimum absolute atomic E-state index is 0.194. The van der Waals surface area contributed by atoms with E-state index in [2.05, 4.69) is 111 Å². The highest BCUT2D eigenvalue weighted by Crippen LogP contribution is 2.29. The molecule has 3 aromatic rings. The predicted molar refractivity (Wildman–Crippen MR) is 118 cm³/mol. The first-order valence-corrected chi connectivity index (χ1v) is 10.2. The van der Waals surface area contributed by atoms with Gasteiger partial charge in [-0.2, -0.15) is 0 Å². The van der Waals surface area contributed by atoms with Crippen LogP contribution in [0.15, 0.2) is 84.9 Å². The van der Waals surface area contributed by atoms with Crippen molar-refractivity contribution < 1.29 is 4.74 Å². The van der Waals surface area contributed by atoms with E-state index in [-0.39, 0.29) is 6.10 Å². The topological polar surface area (TPSA) is 21.3 Å². The zero-order valence-electron chi connectivity index (χ0n) is 17.1. The summed E-state index contributed by atoms with van der Waals surface area (Å²) in [6.45, 7) is 7.30. The van der Waals surface area contributed by atoms with Crippen molar-refractivity contribution in [3.8, 4) is 5.75 Å². The lowest BCUT2D eigenvalue weighted by Crippen LogP contribution is -2.21. The van der Waals surface area contributed by atoms with E-state index in [4.69, 9.17) is 4.74 Å². The van der Waals surface area contributed by atoms with Crippen LogP contribution >= 0.6 is 0 Å². The normalized spacial score (nSPS) is 13.3. The molecule has 0 unspecified atom stereocenters. The number of ether oxygens (including phenoxy) is 1. The van der Waals surface area contributed by atoms with Crippen molar-refractivity contribution in [2.75, 3.05) is 6.54 Å². The van der Waals surface area contributed by atoms with Gasteiger partial charge in [-0.1, -0.05) is 72.8 Å². The van der Waals surface area contributed by atoms with Crippen LogP contribution in [-0.2, 0) is 0 Å². The Morgan fingerprint density at radius 3 is 1.79 bits per heavy atom. The second kappa shape index (κ2) is 10.1. The fourth-order valence-electron chi connectivity index (χ4n) is 3.57. The molecule has 2 nitrogen and oxygen atoms in total. The number of nitrogens with one attached hydrogen (secondary N) is 1. The van der Waals surface area contributed by atoms with E-state index >= 15 is 0 Å². The molecule has 0 bridgehead atoms. The van der Waals surface area contributed by atoms with Crippen molar-refractivity contribution in [3.63, 3.8) is 0 Å². The third kappa shape index (κ3) is 5.71. The van der Waals surface area contributed by atoms with Gasteiger partial charge in [0.05, 0.1) is 6.10 Å². The van der Waals surface area contributed by atoms with Gasteiger partial charge in [0, 0.05) is 12.0 Å². The Morgan fingerprint density at radius 2 is 1.21 bits per heavy atom. The van der Waals surface area contributed by atoms with Gasteiger partial charge >= 0.3 is 0 Å². The van der Waals surface area contributed by atoms with Crippen molar-refractivity contribution in [2.45, 2.75) is 45.3 Å². The molecule has 0 spiro atoms. The van der Waals surface area contributed by atoms with E-state index in [1.807, 2.05) is 0 Å². The van der Waals surface area contributed by atoms with Crippen molar-refractivity contribution in [1.82, 2.24) is 5.32 Å². The summed E-state index contributed by atoms with van der Waals surface area (Å²) in [7, 11) is 0. The summed E-state index contributed by atoms with van der Waals surface area (Å²) < 4.78 is 5.80. The van der Waals surface area contributed by atoms with Crippen molar-refractivity contribution in [1.29, 1.82) is 0 Å². The third-order valence-electron chi connectivity index (χ3n) is 5.04. The molecule has 1 N–H and O–H groups in total. The largest absolute Gasteiger partial charge is 0.491 e. The van der Waals surface area contributed by atoms with Crippen LogP contribution in [0.4, 0.5) is 0 Å². The molecule has 3 rings (SSSR count). The van der Waals surface area contributed by atoms with E-state index < -0.39 is 0 Å². The molecule has 2 heteroatoms. The fourth-order valence-corrected chi connectivity index (χ4v) is 3.57. The second-order valence-electron chi connectivity index (χ2n) is 7.57. The monoisotopic (exact) mass is 373 g/mol. The molecule has 3 aromatic carbocycles. The van der Waals surface area contributed by atoms with Crippen LogP contribution in [0.5, 0.6) is 5.75 Å². The van der Waals surface area contributed by atoms with Crippen molar-refractivity contribution in [3.05, 3.63) is 102 Å². The van der Waals surface area contributed by atoms with Crippen LogP contribution in [-0.4, -0.2) is 12.6 Å². The van der Waals surface area contributed by atoms with E-state index in [0.717, 1.165) is 18.7 Å². The molecule has 0 aliphatic rings. The number of benzene rings is 3. The Kier molecular flexibility index (Phi) is 7.27. The van der Waals surface area contributed by atoms with Crippen LogP contribution in [0.3, 0.4) is 0 Å². The Hall–Kier alpha value is -2.58. The first-order valence-electron chi connectivity index (χ1n) is 10.2. The standard InChI is InChI=1S/C26H31NO/c1-20(2)28-25-16-14-24(15-17-25)26(23-12-8-5-9-13-23)18-19-27-21(3)22-10-6-4-7-11-22/h4-17,20-21,26-27H,18-19H2,1-3H3/t21-,26+/m1/s1. The minimum atomic E-state index is 0.194. The van der Waals surface area contributed by atoms with E-state index in [9.17, 15) is 0 Å². The molecular formula is C26H31NO. The predicted octanol–water partition coefficient (Wildman–Crippen LogP) is 6.35. The van der Waals surface area contributed by atoms with E-state index in [1.165, 1.54) is 16.7 Å². The quantitative estimate of drug-likeness (QED) is 0.472. The molecule has 146 valence electrons. The molecule has 0 aromatic heterocycles. The molecule has 0 fully saturated rings. The molecule has 0 amide bonds. The zero-order chi connectivity index (χ0) is 19.8. The summed E-state index contributed by atoms with van der Waals surface area (Å²) in [4.78, 5) is 0. The van der Waals surface area contributed by atoms with Crippen molar-refractivity contribution in [2.24, 2.45) is 0 Å². The minimum Gasteiger partial charge on any atom is -0.491 e. The first-order chi connectivity index (χ1) is 13.6. The summed E-state index contributed by atoms with van der Waals surface area (Å²) in [5.41, 5.74) is 4.01. The molecule has 2 atom stereocenters. The first kappa shape index (κ1) is 20.2. The van der Waals surface area contributed by atoms with Gasteiger partial charge in [0.25, 0.3) is 0 Å². The highest BCUT2D eigenvalue weighted by molar-refractivity contribution is 5.36. The van der Waals surface area contributed by atoms with E-state index in [1.54, 1.807) is 0 Å². The van der Waals surface area contributed by atoms with Gasteiger partial charge in [-0.25, -0.2) is 0 Å². The fraction of sp³-hybridized carbons (Fsp3) is 0.308. The summed E-state index contributed by atoms with van der Waals surface area (Å²) >= 11 is 0. The van der Waals surface area contributed by atoms with Crippen LogP contribution in [0.25, 0.3) is 0 Å². The number of hydrogen-bond acceptors (Lipinski definition) is 2. The molecule has 0 saturated heterocycles. The van der Waals surface area contributed by atoms with Gasteiger partial charge in [-0.15, -0.1) is 0 Å². The lowest BCUT2D eigenvalue weighted by atomic mass is 9.88. The van der Waals surface area contributed by atoms with Gasteiger partial charge in [0.2, 0.25) is 0 Å². The maximum absolute atomic E-state index is 5.80. The summed E-state index contributed by atoms with van der Waals surface area (Å²) in [5, 5.41) is 3.68. The van der Waals surface area contributed by atoms with Crippen LogP contribution in [0.2, 0.25) is 0 Å². The van der Waals surface area contributed by atoms with Crippen LogP contribution in [0, 0.1) is 0 Å². The maximum Gasteiger partial charge on any atom is 0.119 e. The highest BCUT2D eigenvalue weighted by atomic mass is 16.5. The molecule has 0 aliphatic heterocycles. The smallest absolute Gasteiger partial charge is 0.119 e. The average molecular weight is 374 g/mol. The zero-order valence-corrected chi connectivity index (χ0v) is 17.1. The van der Waals surface area contributed by atoms with Gasteiger partial charge in [-0.05, 0) is 62.6 Å². The summed E-state index contributed by atoms with van der Waals surface area (Å²) in [6.07, 6.45) is 1.24.